The van der Waals surface area contributed by atoms with Crippen LogP contribution >= 0.6 is 15.9 Å². The average Bonchev–Trinajstić information content (AvgIpc) is 2.46. The second-order valence-corrected chi connectivity index (χ2v) is 5.87. The zero-order valence-corrected chi connectivity index (χ0v) is 12.9. The van der Waals surface area contributed by atoms with E-state index < -0.39 is 0 Å². The van der Waals surface area contributed by atoms with Gasteiger partial charge in [-0.05, 0) is 47.9 Å². The molecule has 108 valence electrons. The summed E-state index contributed by atoms with van der Waals surface area (Å²) in [6.45, 7) is 1.91. The Morgan fingerprint density at radius 1 is 1.29 bits per heavy atom. The average molecular weight is 350 g/mol. The number of benzene rings is 2. The van der Waals surface area contributed by atoms with Crippen molar-refractivity contribution < 1.29 is 13.9 Å². The predicted molar refractivity (Wildman–Crippen MR) is 82.5 cm³/mol. The van der Waals surface area contributed by atoms with Crippen molar-refractivity contribution in [3.63, 3.8) is 0 Å². The lowest BCUT2D eigenvalue weighted by atomic mass is 9.99. The van der Waals surface area contributed by atoms with Gasteiger partial charge in [0.2, 0.25) is 0 Å². The Morgan fingerprint density at radius 2 is 2.10 bits per heavy atom. The van der Waals surface area contributed by atoms with Crippen LogP contribution in [0.5, 0.6) is 5.75 Å². The molecule has 2 aromatic rings. The van der Waals surface area contributed by atoms with E-state index in [-0.39, 0.29) is 23.2 Å². The highest BCUT2D eigenvalue weighted by molar-refractivity contribution is 9.09. The highest BCUT2D eigenvalue weighted by atomic mass is 79.9. The summed E-state index contributed by atoms with van der Waals surface area (Å²) in [4.78, 5) is 11.3. The van der Waals surface area contributed by atoms with Crippen molar-refractivity contribution in [3.8, 4) is 5.75 Å². The van der Waals surface area contributed by atoms with Gasteiger partial charge in [0.1, 0.15) is 11.6 Å². The number of alkyl halides is 1. The first-order chi connectivity index (χ1) is 10.0. The normalized spacial score (nSPS) is 14.9. The second kappa shape index (κ2) is 5.48. The topological polar surface area (TPSA) is 38.3 Å². The van der Waals surface area contributed by atoms with E-state index in [0.717, 1.165) is 16.7 Å². The first-order valence-electron chi connectivity index (χ1n) is 6.51. The standard InChI is InChI=1S/C16H13BrFNO2/c1-9-6-11(18)3-4-12(9)16(17)10-2-5-14-13(7-10)19-15(20)8-21-14/h2-7,16H,8H2,1H3,(H,19,20). The molecule has 2 aromatic carbocycles. The summed E-state index contributed by atoms with van der Waals surface area (Å²) in [5, 5.41) is 2.79. The molecule has 1 N–H and O–H groups in total. The van der Waals surface area contributed by atoms with Crippen molar-refractivity contribution in [2.75, 3.05) is 11.9 Å². The van der Waals surface area contributed by atoms with Crippen molar-refractivity contribution in [1.29, 1.82) is 0 Å². The minimum absolute atomic E-state index is 0.0428. The molecule has 1 aliphatic rings. The number of hydrogen-bond donors (Lipinski definition) is 1. The molecule has 0 saturated carbocycles. The molecule has 3 nitrogen and oxygen atoms in total. The number of carbonyl (C=O) groups excluding carboxylic acids is 1. The molecular formula is C16H13BrFNO2. The van der Waals surface area contributed by atoms with Gasteiger partial charge < -0.3 is 10.1 Å². The van der Waals surface area contributed by atoms with Crippen LogP contribution in [0, 0.1) is 12.7 Å². The summed E-state index contributed by atoms with van der Waals surface area (Å²) in [6, 6.07) is 10.3. The van der Waals surface area contributed by atoms with Gasteiger partial charge in [-0.3, -0.25) is 4.79 Å². The third kappa shape index (κ3) is 2.78. The number of nitrogens with one attached hydrogen (secondary N) is 1. The Balaban J connectivity index is 1.96. The van der Waals surface area contributed by atoms with Gasteiger partial charge in [0.25, 0.3) is 5.91 Å². The quantitative estimate of drug-likeness (QED) is 0.833. The summed E-state index contributed by atoms with van der Waals surface area (Å²) in [5.74, 6) is 0.250. The highest BCUT2D eigenvalue weighted by Gasteiger charge is 2.19. The number of hydrogen-bond acceptors (Lipinski definition) is 2. The molecule has 5 heteroatoms. The van der Waals surface area contributed by atoms with Crippen LogP contribution in [0.1, 0.15) is 21.5 Å². The first-order valence-corrected chi connectivity index (χ1v) is 7.43. The molecule has 0 saturated heterocycles. The molecule has 3 rings (SSSR count). The Kier molecular flexibility index (Phi) is 3.68. The van der Waals surface area contributed by atoms with Crippen molar-refractivity contribution in [1.82, 2.24) is 0 Å². The van der Waals surface area contributed by atoms with Gasteiger partial charge in [-0.2, -0.15) is 0 Å². The maximum Gasteiger partial charge on any atom is 0.262 e. The van der Waals surface area contributed by atoms with Gasteiger partial charge >= 0.3 is 0 Å². The lowest BCUT2D eigenvalue weighted by Gasteiger charge is -2.20. The number of ether oxygens (including phenoxy) is 1. The van der Waals surface area contributed by atoms with E-state index in [9.17, 15) is 9.18 Å². The molecule has 0 aromatic heterocycles. The van der Waals surface area contributed by atoms with Crippen LogP contribution in [0.25, 0.3) is 0 Å². The molecular weight excluding hydrogens is 337 g/mol. The molecule has 0 radical (unpaired) electrons. The van der Waals surface area contributed by atoms with Crippen molar-refractivity contribution in [2.45, 2.75) is 11.8 Å². The Hall–Kier alpha value is -1.88. The Morgan fingerprint density at radius 3 is 2.86 bits per heavy atom. The van der Waals surface area contributed by atoms with E-state index in [1.54, 1.807) is 6.07 Å². The van der Waals surface area contributed by atoms with Crippen molar-refractivity contribution >= 4 is 27.5 Å². The second-order valence-electron chi connectivity index (χ2n) is 4.96. The molecule has 1 aliphatic heterocycles. The number of carbonyl (C=O) groups is 1. The van der Waals surface area contributed by atoms with Crippen LogP contribution in [0.4, 0.5) is 10.1 Å². The summed E-state index contributed by atoms with van der Waals surface area (Å²) < 4.78 is 18.5. The number of fused-ring (bicyclic) bond motifs is 1. The zero-order chi connectivity index (χ0) is 15.0. The number of anilines is 1. The van der Waals surface area contributed by atoms with E-state index >= 15 is 0 Å². The Bertz CT molecular complexity index is 717. The maximum atomic E-state index is 13.2. The summed E-state index contributed by atoms with van der Waals surface area (Å²) in [5.41, 5.74) is 3.48. The number of amides is 1. The highest BCUT2D eigenvalue weighted by Crippen LogP contribution is 2.37. The maximum absolute atomic E-state index is 13.2. The van der Waals surface area contributed by atoms with Gasteiger partial charge in [0.15, 0.2) is 6.61 Å². The summed E-state index contributed by atoms with van der Waals surface area (Å²) in [6.07, 6.45) is 0. The van der Waals surface area contributed by atoms with Gasteiger partial charge in [-0.25, -0.2) is 4.39 Å². The van der Waals surface area contributed by atoms with Gasteiger partial charge in [-0.1, -0.05) is 28.1 Å². The first kappa shape index (κ1) is 14.1. The van der Waals surface area contributed by atoms with E-state index in [1.165, 1.54) is 12.1 Å². The van der Waals surface area contributed by atoms with Gasteiger partial charge in [0.05, 0.1) is 10.5 Å². The van der Waals surface area contributed by atoms with Crippen LogP contribution in [0.3, 0.4) is 0 Å². The number of rotatable bonds is 2. The molecule has 1 amide bonds. The predicted octanol–water partition coefficient (Wildman–Crippen LogP) is 3.95. The largest absolute Gasteiger partial charge is 0.482 e. The fraction of sp³-hybridized carbons (Fsp3) is 0.188. The minimum atomic E-state index is -0.248. The van der Waals surface area contributed by atoms with Crippen LogP contribution in [0.2, 0.25) is 0 Å². The van der Waals surface area contributed by atoms with E-state index in [1.807, 2.05) is 25.1 Å². The van der Waals surface area contributed by atoms with Crippen molar-refractivity contribution in [2.24, 2.45) is 0 Å². The number of aryl methyl sites for hydroxylation is 1. The van der Waals surface area contributed by atoms with Crippen LogP contribution in [-0.2, 0) is 4.79 Å². The SMILES string of the molecule is Cc1cc(F)ccc1C(Br)c1ccc2c(c1)NC(=O)CO2. The molecule has 1 atom stereocenters. The molecule has 0 fully saturated rings. The third-order valence-electron chi connectivity index (χ3n) is 3.43. The fourth-order valence-corrected chi connectivity index (χ4v) is 3.16. The van der Waals surface area contributed by atoms with Crippen LogP contribution in [-0.4, -0.2) is 12.5 Å². The monoisotopic (exact) mass is 349 g/mol. The molecule has 0 spiro atoms. The molecule has 0 aliphatic carbocycles. The summed E-state index contributed by atoms with van der Waals surface area (Å²) in [7, 11) is 0. The van der Waals surface area contributed by atoms with E-state index in [2.05, 4.69) is 21.2 Å². The molecule has 1 unspecified atom stereocenters. The molecule has 0 bridgehead atoms. The lowest BCUT2D eigenvalue weighted by Crippen LogP contribution is -2.25. The Labute approximate surface area is 130 Å². The van der Waals surface area contributed by atoms with Crippen molar-refractivity contribution in [3.05, 3.63) is 58.9 Å². The fourth-order valence-electron chi connectivity index (χ4n) is 2.36. The van der Waals surface area contributed by atoms with Gasteiger partial charge in [-0.15, -0.1) is 0 Å². The smallest absolute Gasteiger partial charge is 0.262 e. The van der Waals surface area contributed by atoms with Gasteiger partial charge in [0, 0.05) is 0 Å². The van der Waals surface area contributed by atoms with Crippen LogP contribution < -0.4 is 10.1 Å². The summed E-state index contributed by atoms with van der Waals surface area (Å²) >= 11 is 3.64. The zero-order valence-electron chi connectivity index (χ0n) is 11.3. The third-order valence-corrected chi connectivity index (χ3v) is 4.46. The number of halogens is 2. The minimum Gasteiger partial charge on any atom is -0.482 e. The molecule has 21 heavy (non-hydrogen) atoms. The lowest BCUT2D eigenvalue weighted by molar-refractivity contribution is -0.118. The van der Waals surface area contributed by atoms with E-state index in [4.69, 9.17) is 4.74 Å². The van der Waals surface area contributed by atoms with Crippen LogP contribution in [0.15, 0.2) is 36.4 Å². The van der Waals surface area contributed by atoms with E-state index in [0.29, 0.717) is 11.4 Å². The molecule has 1 heterocycles.